The van der Waals surface area contributed by atoms with Gasteiger partial charge < -0.3 is 15.4 Å². The van der Waals surface area contributed by atoms with E-state index in [1.165, 1.54) is 0 Å². The summed E-state index contributed by atoms with van der Waals surface area (Å²) in [7, 11) is 0. The van der Waals surface area contributed by atoms with Gasteiger partial charge in [-0.05, 0) is 59.9 Å². The number of ether oxygens (including phenoxy) is 1. The molecule has 0 aromatic heterocycles. The third-order valence-corrected chi connectivity index (χ3v) is 4.27. The highest BCUT2D eigenvalue weighted by Crippen LogP contribution is 2.21. The summed E-state index contributed by atoms with van der Waals surface area (Å²) in [5.41, 5.74) is -0.539. The van der Waals surface area contributed by atoms with Crippen molar-refractivity contribution >= 4 is 12.0 Å². The van der Waals surface area contributed by atoms with E-state index in [2.05, 4.69) is 17.6 Å². The normalized spacial score (nSPS) is 29.3. The summed E-state index contributed by atoms with van der Waals surface area (Å²) >= 11 is 0. The first-order valence-electron chi connectivity index (χ1n) is 8.31. The molecule has 22 heavy (non-hydrogen) atoms. The molecule has 3 unspecified atom stereocenters. The van der Waals surface area contributed by atoms with Gasteiger partial charge in [0, 0.05) is 18.6 Å². The van der Waals surface area contributed by atoms with Crippen molar-refractivity contribution in [1.82, 2.24) is 15.5 Å². The van der Waals surface area contributed by atoms with Crippen LogP contribution >= 0.6 is 0 Å². The Bertz CT molecular complexity index is 419. The Morgan fingerprint density at radius 3 is 2.59 bits per heavy atom. The van der Waals surface area contributed by atoms with Crippen molar-refractivity contribution in [2.45, 2.75) is 77.1 Å². The molecule has 3 atom stereocenters. The van der Waals surface area contributed by atoms with Gasteiger partial charge in [-0.3, -0.25) is 9.69 Å². The van der Waals surface area contributed by atoms with Crippen molar-refractivity contribution in [3.8, 4) is 0 Å². The van der Waals surface area contributed by atoms with Gasteiger partial charge in [0.15, 0.2) is 0 Å². The van der Waals surface area contributed by atoms with Crippen molar-refractivity contribution in [3.05, 3.63) is 0 Å². The third kappa shape index (κ3) is 4.35. The number of rotatable bonds is 2. The average Bonchev–Trinajstić information content (AvgIpc) is 2.89. The summed E-state index contributed by atoms with van der Waals surface area (Å²) in [5, 5.41) is 6.48. The van der Waals surface area contributed by atoms with Gasteiger partial charge in [-0.2, -0.15) is 0 Å². The number of hydrogen-bond acceptors (Lipinski definition) is 4. The molecule has 6 heteroatoms. The molecule has 0 spiro atoms. The Kier molecular flexibility index (Phi) is 5.32. The Morgan fingerprint density at radius 1 is 1.23 bits per heavy atom. The molecule has 2 aliphatic rings. The second-order valence-electron chi connectivity index (χ2n) is 7.33. The van der Waals surface area contributed by atoms with E-state index in [9.17, 15) is 9.59 Å². The van der Waals surface area contributed by atoms with Crippen LogP contribution in [0, 0.1) is 0 Å². The molecule has 0 bridgehead atoms. The minimum Gasteiger partial charge on any atom is -0.444 e. The molecular weight excluding hydrogens is 282 g/mol. The highest BCUT2D eigenvalue weighted by Gasteiger charge is 2.37. The summed E-state index contributed by atoms with van der Waals surface area (Å²) in [6, 6.07) is 0.0143. The summed E-state index contributed by atoms with van der Waals surface area (Å²) in [6.45, 7) is 9.19. The van der Waals surface area contributed by atoms with E-state index in [1.54, 1.807) is 4.90 Å². The van der Waals surface area contributed by atoms with Crippen LogP contribution in [0.15, 0.2) is 0 Å². The molecular formula is C16H29N3O3. The first-order chi connectivity index (χ1) is 10.3. The second kappa shape index (κ2) is 6.86. The zero-order valence-corrected chi connectivity index (χ0v) is 14.1. The maximum Gasteiger partial charge on any atom is 0.410 e. The van der Waals surface area contributed by atoms with Gasteiger partial charge in [0.05, 0.1) is 0 Å². The minimum absolute atomic E-state index is 0.0519. The number of hydrogen-bond donors (Lipinski definition) is 2. The average molecular weight is 311 g/mol. The monoisotopic (exact) mass is 311 g/mol. The number of carbonyl (C=O) groups is 2. The number of carbonyl (C=O) groups excluding carboxylic acids is 2. The SMILES string of the molecule is CC1NCCCC1NC(=O)C1CCCN1C(=O)OC(C)(C)C. The van der Waals surface area contributed by atoms with Crippen LogP contribution in [-0.4, -0.2) is 53.7 Å². The third-order valence-electron chi connectivity index (χ3n) is 4.27. The maximum absolute atomic E-state index is 12.6. The molecule has 0 aromatic rings. The summed E-state index contributed by atoms with van der Waals surface area (Å²) < 4.78 is 5.41. The van der Waals surface area contributed by atoms with E-state index in [1.807, 2.05) is 20.8 Å². The quantitative estimate of drug-likeness (QED) is 0.813. The number of likely N-dealkylation sites (tertiary alicyclic amines) is 1. The first kappa shape index (κ1) is 17.1. The topological polar surface area (TPSA) is 70.7 Å². The predicted molar refractivity (Wildman–Crippen MR) is 84.6 cm³/mol. The van der Waals surface area contributed by atoms with E-state index >= 15 is 0 Å². The van der Waals surface area contributed by atoms with E-state index in [0.29, 0.717) is 13.0 Å². The zero-order valence-electron chi connectivity index (χ0n) is 14.1. The van der Waals surface area contributed by atoms with Gasteiger partial charge in [-0.1, -0.05) is 0 Å². The van der Waals surface area contributed by atoms with Gasteiger partial charge in [0.25, 0.3) is 0 Å². The smallest absolute Gasteiger partial charge is 0.410 e. The fourth-order valence-corrected chi connectivity index (χ4v) is 3.10. The predicted octanol–water partition coefficient (Wildman–Crippen LogP) is 1.64. The van der Waals surface area contributed by atoms with Gasteiger partial charge in [-0.25, -0.2) is 4.79 Å². The Hall–Kier alpha value is -1.30. The van der Waals surface area contributed by atoms with Gasteiger partial charge >= 0.3 is 6.09 Å². The van der Waals surface area contributed by atoms with Crippen LogP contribution < -0.4 is 10.6 Å². The Balaban J connectivity index is 1.94. The molecule has 0 saturated carbocycles. The van der Waals surface area contributed by atoms with Crippen LogP contribution in [0.3, 0.4) is 0 Å². The van der Waals surface area contributed by atoms with Crippen molar-refractivity contribution in [3.63, 3.8) is 0 Å². The molecule has 126 valence electrons. The van der Waals surface area contributed by atoms with E-state index in [-0.39, 0.29) is 24.1 Å². The molecule has 0 aromatic carbocycles. The molecule has 2 fully saturated rings. The number of amides is 2. The van der Waals surface area contributed by atoms with Crippen molar-refractivity contribution in [1.29, 1.82) is 0 Å². The Labute approximate surface area is 132 Å². The molecule has 0 aliphatic carbocycles. The fraction of sp³-hybridized carbons (Fsp3) is 0.875. The van der Waals surface area contributed by atoms with Crippen LogP contribution in [0.25, 0.3) is 0 Å². The van der Waals surface area contributed by atoms with Crippen LogP contribution in [0.1, 0.15) is 53.4 Å². The highest BCUT2D eigenvalue weighted by atomic mass is 16.6. The number of nitrogens with one attached hydrogen (secondary N) is 2. The van der Waals surface area contributed by atoms with Crippen molar-refractivity contribution in [2.24, 2.45) is 0 Å². The summed E-state index contributed by atoms with van der Waals surface area (Å²) in [6.07, 6.45) is 3.21. The van der Waals surface area contributed by atoms with Gasteiger partial charge in [0.1, 0.15) is 11.6 Å². The second-order valence-corrected chi connectivity index (χ2v) is 7.33. The standard InChI is InChI=1S/C16H29N3O3/c1-11-12(7-5-9-17-11)18-14(20)13-8-6-10-19(13)15(21)22-16(2,3)4/h11-13,17H,5-10H2,1-4H3,(H,18,20). The largest absolute Gasteiger partial charge is 0.444 e. The lowest BCUT2D eigenvalue weighted by Gasteiger charge is -2.33. The lowest BCUT2D eigenvalue weighted by molar-refractivity contribution is -0.126. The lowest BCUT2D eigenvalue weighted by Crippen LogP contribution is -2.56. The molecule has 2 saturated heterocycles. The highest BCUT2D eigenvalue weighted by molar-refractivity contribution is 5.86. The lowest BCUT2D eigenvalue weighted by atomic mass is 9.99. The molecule has 2 aliphatic heterocycles. The maximum atomic E-state index is 12.6. The molecule has 2 heterocycles. The van der Waals surface area contributed by atoms with E-state index < -0.39 is 11.6 Å². The van der Waals surface area contributed by atoms with Crippen LogP contribution in [0.4, 0.5) is 4.79 Å². The van der Waals surface area contributed by atoms with Crippen LogP contribution in [0.5, 0.6) is 0 Å². The fourth-order valence-electron chi connectivity index (χ4n) is 3.10. The Morgan fingerprint density at radius 2 is 1.95 bits per heavy atom. The first-order valence-corrected chi connectivity index (χ1v) is 8.31. The van der Waals surface area contributed by atoms with Crippen molar-refractivity contribution < 1.29 is 14.3 Å². The molecule has 2 rings (SSSR count). The molecule has 6 nitrogen and oxygen atoms in total. The van der Waals surface area contributed by atoms with Crippen LogP contribution in [-0.2, 0) is 9.53 Å². The van der Waals surface area contributed by atoms with Gasteiger partial charge in [0.2, 0.25) is 5.91 Å². The zero-order chi connectivity index (χ0) is 16.3. The van der Waals surface area contributed by atoms with Crippen LogP contribution in [0.2, 0.25) is 0 Å². The van der Waals surface area contributed by atoms with Crippen molar-refractivity contribution in [2.75, 3.05) is 13.1 Å². The molecule has 2 amide bonds. The van der Waals surface area contributed by atoms with E-state index in [0.717, 1.165) is 25.8 Å². The molecule has 2 N–H and O–H groups in total. The summed E-state index contributed by atoms with van der Waals surface area (Å²) in [5.74, 6) is -0.0519. The van der Waals surface area contributed by atoms with E-state index in [4.69, 9.17) is 4.74 Å². The molecule has 0 radical (unpaired) electrons. The number of piperidine rings is 1. The summed E-state index contributed by atoms with van der Waals surface area (Å²) in [4.78, 5) is 26.4. The van der Waals surface area contributed by atoms with Gasteiger partial charge in [-0.15, -0.1) is 0 Å². The number of nitrogens with zero attached hydrogens (tertiary/aromatic N) is 1. The minimum atomic E-state index is -0.539.